The van der Waals surface area contributed by atoms with Gasteiger partial charge in [-0.1, -0.05) is 18.7 Å². The summed E-state index contributed by atoms with van der Waals surface area (Å²) >= 11 is 0. The van der Waals surface area contributed by atoms with Crippen molar-refractivity contribution in [1.29, 1.82) is 0 Å². The van der Waals surface area contributed by atoms with Gasteiger partial charge in [-0.3, -0.25) is 4.79 Å². The van der Waals surface area contributed by atoms with Crippen LogP contribution in [0.1, 0.15) is 12.5 Å². The van der Waals surface area contributed by atoms with E-state index in [-0.39, 0.29) is 12.5 Å². The second-order valence-corrected chi connectivity index (χ2v) is 4.32. The van der Waals surface area contributed by atoms with Crippen molar-refractivity contribution < 1.29 is 14.6 Å². The molecular formula is C15H20N2O3. The summed E-state index contributed by atoms with van der Waals surface area (Å²) in [7, 11) is 0. The summed E-state index contributed by atoms with van der Waals surface area (Å²) in [6.07, 6.45) is 4.11. The van der Waals surface area contributed by atoms with Crippen LogP contribution in [-0.4, -0.2) is 30.3 Å². The molecule has 0 fully saturated rings. The van der Waals surface area contributed by atoms with E-state index < -0.39 is 6.10 Å². The molecule has 0 spiro atoms. The van der Waals surface area contributed by atoms with Gasteiger partial charge in [0.1, 0.15) is 12.4 Å². The first kappa shape index (κ1) is 15.8. The lowest BCUT2D eigenvalue weighted by Gasteiger charge is -2.07. The van der Waals surface area contributed by atoms with Crippen LogP contribution < -0.4 is 15.8 Å². The van der Waals surface area contributed by atoms with Gasteiger partial charge in [-0.05, 0) is 30.7 Å². The summed E-state index contributed by atoms with van der Waals surface area (Å²) in [5.74, 6) is 0.317. The van der Waals surface area contributed by atoms with Crippen molar-refractivity contribution in [3.05, 3.63) is 42.5 Å². The number of carbonyl (C=O) groups excluding carboxylic acids is 1. The Morgan fingerprint density at radius 3 is 2.95 bits per heavy atom. The van der Waals surface area contributed by atoms with Crippen LogP contribution >= 0.6 is 0 Å². The van der Waals surface area contributed by atoms with Crippen molar-refractivity contribution in [2.24, 2.45) is 0 Å². The lowest BCUT2D eigenvalue weighted by Crippen LogP contribution is -2.28. The third-order valence-corrected chi connectivity index (χ3v) is 2.39. The Morgan fingerprint density at radius 1 is 1.60 bits per heavy atom. The molecule has 0 bridgehead atoms. The molecule has 0 aliphatic heterocycles. The number of rotatable bonds is 7. The minimum atomic E-state index is -0.565. The Kier molecular flexibility index (Phi) is 6.32. The maximum absolute atomic E-state index is 11.4. The molecule has 5 heteroatoms. The van der Waals surface area contributed by atoms with Gasteiger partial charge < -0.3 is 20.9 Å². The molecule has 1 rings (SSSR count). The first-order valence-electron chi connectivity index (χ1n) is 6.30. The molecule has 4 N–H and O–H groups in total. The predicted octanol–water partition coefficient (Wildman–Crippen LogP) is 1.34. The van der Waals surface area contributed by atoms with Crippen LogP contribution in [0.2, 0.25) is 0 Å². The van der Waals surface area contributed by atoms with Crippen molar-refractivity contribution in [2.45, 2.75) is 13.0 Å². The molecule has 1 aromatic carbocycles. The fraction of sp³-hybridized carbons (Fsp3) is 0.267. The number of benzene rings is 1. The van der Waals surface area contributed by atoms with Crippen LogP contribution in [0.4, 0.5) is 5.69 Å². The molecule has 1 unspecified atom stereocenters. The zero-order chi connectivity index (χ0) is 15.0. The SMILES string of the molecule is C=CCOc1ccc(/C=C\C(=O)NCC(C)O)cc1N. The summed E-state index contributed by atoms with van der Waals surface area (Å²) in [6.45, 7) is 5.78. The van der Waals surface area contributed by atoms with Gasteiger partial charge in [-0.2, -0.15) is 0 Å². The molecule has 0 aromatic heterocycles. The molecule has 0 aliphatic carbocycles. The smallest absolute Gasteiger partial charge is 0.244 e. The molecule has 0 heterocycles. The molecule has 20 heavy (non-hydrogen) atoms. The molecule has 0 radical (unpaired) electrons. The Hall–Kier alpha value is -2.27. The normalized spacial score (nSPS) is 12.1. The number of hydrogen-bond donors (Lipinski definition) is 3. The molecule has 1 atom stereocenters. The van der Waals surface area contributed by atoms with Crippen molar-refractivity contribution in [1.82, 2.24) is 5.32 Å². The van der Waals surface area contributed by atoms with Crippen LogP contribution in [0.15, 0.2) is 36.9 Å². The van der Waals surface area contributed by atoms with Crippen LogP contribution in [0, 0.1) is 0 Å². The fourth-order valence-corrected chi connectivity index (χ4v) is 1.43. The Morgan fingerprint density at radius 2 is 2.35 bits per heavy atom. The molecular weight excluding hydrogens is 256 g/mol. The minimum Gasteiger partial charge on any atom is -0.487 e. The summed E-state index contributed by atoms with van der Waals surface area (Å²) in [5.41, 5.74) is 7.13. The first-order valence-corrected chi connectivity index (χ1v) is 6.30. The van der Waals surface area contributed by atoms with E-state index >= 15 is 0 Å². The van der Waals surface area contributed by atoms with Gasteiger partial charge in [0.15, 0.2) is 0 Å². The topological polar surface area (TPSA) is 84.6 Å². The Balaban J connectivity index is 2.62. The highest BCUT2D eigenvalue weighted by molar-refractivity contribution is 5.91. The van der Waals surface area contributed by atoms with E-state index in [1.807, 2.05) is 0 Å². The molecule has 1 aromatic rings. The van der Waals surface area contributed by atoms with Crippen LogP contribution in [0.25, 0.3) is 6.08 Å². The molecule has 0 aliphatic rings. The van der Waals surface area contributed by atoms with E-state index in [0.717, 1.165) is 5.56 Å². The van der Waals surface area contributed by atoms with Gasteiger partial charge in [0.25, 0.3) is 0 Å². The number of ether oxygens (including phenoxy) is 1. The monoisotopic (exact) mass is 276 g/mol. The van der Waals surface area contributed by atoms with E-state index in [2.05, 4.69) is 11.9 Å². The third-order valence-electron chi connectivity index (χ3n) is 2.39. The van der Waals surface area contributed by atoms with Gasteiger partial charge in [0, 0.05) is 12.6 Å². The summed E-state index contributed by atoms with van der Waals surface area (Å²) in [6, 6.07) is 5.26. The number of carbonyl (C=O) groups is 1. The van der Waals surface area contributed by atoms with Crippen molar-refractivity contribution >= 4 is 17.7 Å². The Labute approximate surface area is 118 Å². The lowest BCUT2D eigenvalue weighted by molar-refractivity contribution is -0.116. The number of amides is 1. The zero-order valence-electron chi connectivity index (χ0n) is 11.5. The maximum atomic E-state index is 11.4. The number of aliphatic hydroxyl groups excluding tert-OH is 1. The minimum absolute atomic E-state index is 0.222. The van der Waals surface area contributed by atoms with Crippen molar-refractivity contribution in [3.8, 4) is 5.75 Å². The summed E-state index contributed by atoms with van der Waals surface area (Å²) in [5, 5.41) is 11.6. The zero-order valence-corrected chi connectivity index (χ0v) is 11.5. The molecule has 108 valence electrons. The second-order valence-electron chi connectivity index (χ2n) is 4.32. The second kappa shape index (κ2) is 8.01. The number of nitrogens with two attached hydrogens (primary N) is 1. The molecule has 5 nitrogen and oxygen atoms in total. The van der Waals surface area contributed by atoms with E-state index in [4.69, 9.17) is 15.6 Å². The standard InChI is InChI=1S/C15H20N2O3/c1-3-8-20-14-6-4-12(9-13(14)16)5-7-15(19)17-10-11(2)18/h3-7,9,11,18H,1,8,10,16H2,2H3,(H,17,19)/b7-5-. The van der Waals surface area contributed by atoms with E-state index in [9.17, 15) is 4.79 Å². The average Bonchev–Trinajstić information content (AvgIpc) is 2.41. The largest absolute Gasteiger partial charge is 0.487 e. The third kappa shape index (κ3) is 5.58. The highest BCUT2D eigenvalue weighted by atomic mass is 16.5. The van der Waals surface area contributed by atoms with E-state index in [1.165, 1.54) is 6.08 Å². The summed E-state index contributed by atoms with van der Waals surface area (Å²) in [4.78, 5) is 11.4. The number of hydrogen-bond acceptors (Lipinski definition) is 4. The van der Waals surface area contributed by atoms with Crippen molar-refractivity contribution in [2.75, 3.05) is 18.9 Å². The van der Waals surface area contributed by atoms with Gasteiger partial charge in [-0.15, -0.1) is 0 Å². The highest BCUT2D eigenvalue weighted by Gasteiger charge is 2.01. The number of anilines is 1. The van der Waals surface area contributed by atoms with Gasteiger partial charge >= 0.3 is 0 Å². The van der Waals surface area contributed by atoms with Crippen LogP contribution in [0.5, 0.6) is 5.75 Å². The van der Waals surface area contributed by atoms with Gasteiger partial charge in [0.2, 0.25) is 5.91 Å². The quantitative estimate of drug-likeness (QED) is 0.398. The van der Waals surface area contributed by atoms with Gasteiger partial charge in [0.05, 0.1) is 11.8 Å². The number of nitrogens with one attached hydrogen (secondary N) is 1. The summed E-state index contributed by atoms with van der Waals surface area (Å²) < 4.78 is 5.36. The Bertz CT molecular complexity index is 496. The molecule has 0 saturated carbocycles. The first-order chi connectivity index (χ1) is 9.52. The van der Waals surface area contributed by atoms with Gasteiger partial charge in [-0.25, -0.2) is 0 Å². The van der Waals surface area contributed by atoms with E-state index in [1.54, 1.807) is 37.3 Å². The average molecular weight is 276 g/mol. The fourth-order valence-electron chi connectivity index (χ4n) is 1.43. The van der Waals surface area contributed by atoms with Crippen LogP contribution in [-0.2, 0) is 4.79 Å². The number of aliphatic hydroxyl groups is 1. The highest BCUT2D eigenvalue weighted by Crippen LogP contribution is 2.23. The number of nitrogen functional groups attached to an aromatic ring is 1. The maximum Gasteiger partial charge on any atom is 0.244 e. The lowest BCUT2D eigenvalue weighted by atomic mass is 10.1. The van der Waals surface area contributed by atoms with E-state index in [0.29, 0.717) is 18.0 Å². The van der Waals surface area contributed by atoms with Crippen molar-refractivity contribution in [3.63, 3.8) is 0 Å². The molecule has 1 amide bonds. The van der Waals surface area contributed by atoms with Crippen LogP contribution in [0.3, 0.4) is 0 Å². The molecule has 0 saturated heterocycles. The predicted molar refractivity (Wildman–Crippen MR) is 80.3 cm³/mol.